The normalized spacial score (nSPS) is 13.4. The van der Waals surface area contributed by atoms with Gasteiger partial charge in [-0.25, -0.2) is 8.42 Å². The minimum absolute atomic E-state index is 0.0619. The number of pyridine rings is 1. The van der Waals surface area contributed by atoms with Gasteiger partial charge in [-0.1, -0.05) is 12.1 Å². The predicted molar refractivity (Wildman–Crippen MR) is 156 cm³/mol. The number of sulfonamides is 1. The van der Waals surface area contributed by atoms with Crippen LogP contribution in [0.3, 0.4) is 0 Å². The Balaban J connectivity index is 1.71. The number of nitrogens with one attached hydrogen (secondary N) is 1. The van der Waals surface area contributed by atoms with Gasteiger partial charge in [0.2, 0.25) is 10.0 Å². The van der Waals surface area contributed by atoms with E-state index in [-0.39, 0.29) is 42.7 Å². The fourth-order valence-corrected chi connectivity index (χ4v) is 6.37. The maximum absolute atomic E-state index is 13.8. The number of aliphatic carboxylic acids is 1. The van der Waals surface area contributed by atoms with E-state index in [2.05, 4.69) is 16.4 Å². The van der Waals surface area contributed by atoms with Crippen molar-refractivity contribution in [1.29, 1.82) is 0 Å². The van der Waals surface area contributed by atoms with Crippen LogP contribution in [0.1, 0.15) is 49.1 Å². The van der Waals surface area contributed by atoms with Gasteiger partial charge < -0.3 is 15.5 Å². The molecule has 0 unspecified atom stereocenters. The molecule has 1 atom stereocenters. The first-order valence-corrected chi connectivity index (χ1v) is 15.7. The van der Waals surface area contributed by atoms with Gasteiger partial charge in [-0.3, -0.25) is 9.78 Å². The lowest BCUT2D eigenvalue weighted by Gasteiger charge is -2.29. The van der Waals surface area contributed by atoms with Crippen molar-refractivity contribution in [1.82, 2.24) is 14.6 Å². The number of alkyl halides is 3. The Morgan fingerprint density at radius 3 is 2.48 bits per heavy atom. The van der Waals surface area contributed by atoms with Gasteiger partial charge in [0.05, 0.1) is 22.3 Å². The maximum Gasteiger partial charge on any atom is 0.416 e. The summed E-state index contributed by atoms with van der Waals surface area (Å²) in [6, 6.07) is 9.54. The van der Waals surface area contributed by atoms with Crippen LogP contribution in [-0.2, 0) is 33.8 Å². The molecule has 8 nitrogen and oxygen atoms in total. The van der Waals surface area contributed by atoms with Crippen molar-refractivity contribution in [2.45, 2.75) is 68.7 Å². The van der Waals surface area contributed by atoms with Crippen LogP contribution < -0.4 is 5.32 Å². The van der Waals surface area contributed by atoms with E-state index in [9.17, 15) is 31.5 Å². The molecule has 42 heavy (non-hydrogen) atoms. The minimum atomic E-state index is -4.82. The number of rotatable bonds is 15. The highest BCUT2D eigenvalue weighted by molar-refractivity contribution is 7.89. The molecule has 3 rings (SSSR count). The van der Waals surface area contributed by atoms with E-state index in [4.69, 9.17) is 5.11 Å². The highest BCUT2D eigenvalue weighted by atomic mass is 32.2. The average molecular weight is 628 g/mol. The Bertz CT molecular complexity index is 1430. The molecule has 0 fully saturated rings. The fraction of sp³-hybridized carbons (Fsp3) is 0.448. The maximum atomic E-state index is 13.8. The van der Waals surface area contributed by atoms with E-state index in [1.807, 2.05) is 25.3 Å². The van der Waals surface area contributed by atoms with E-state index in [0.29, 0.717) is 11.6 Å². The largest absolute Gasteiger partial charge is 0.481 e. The highest BCUT2D eigenvalue weighted by Gasteiger charge is 2.34. The highest BCUT2D eigenvalue weighted by Crippen LogP contribution is 2.35. The molecule has 1 aromatic carbocycles. The number of hydrogen-bond donors (Lipinski definition) is 3. The van der Waals surface area contributed by atoms with Gasteiger partial charge in [-0.05, 0) is 80.8 Å². The van der Waals surface area contributed by atoms with Crippen molar-refractivity contribution >= 4 is 27.3 Å². The zero-order valence-electron chi connectivity index (χ0n) is 23.7. The van der Waals surface area contributed by atoms with Crippen molar-refractivity contribution in [3.63, 3.8) is 0 Å². The molecule has 0 radical (unpaired) electrons. The van der Waals surface area contributed by atoms with Gasteiger partial charge >= 0.3 is 12.1 Å². The molecule has 2 aromatic heterocycles. The summed E-state index contributed by atoms with van der Waals surface area (Å²) in [7, 11) is -3.20. The standard InChI is InChI=1S/C29H36F3N3O5S2/c1-28(2,12-4-6-24-7-5-13-41-24)34-18-23(36)19-35(3)42(39,40)25-15-21(14-22(16-25)29(30,31)32)26-10-8-20(17-33-26)9-11-27(37)38/h5,7-8,10,13-17,23,34,36H,4,6,9,11-12,18-19H2,1-3H3,(H,37,38)/t23-/m1/s1. The van der Waals surface area contributed by atoms with E-state index in [0.717, 1.165) is 35.7 Å². The summed E-state index contributed by atoms with van der Waals surface area (Å²) in [5, 5.41) is 24.7. The number of carboxylic acid groups (broad SMARTS) is 1. The van der Waals surface area contributed by atoms with Crippen LogP contribution in [0.4, 0.5) is 13.2 Å². The summed E-state index contributed by atoms with van der Waals surface area (Å²) < 4.78 is 68.8. The van der Waals surface area contributed by atoms with Gasteiger partial charge in [-0.15, -0.1) is 11.3 Å². The van der Waals surface area contributed by atoms with E-state index in [1.165, 1.54) is 24.2 Å². The Labute approximate surface area is 248 Å². The number of carbonyl (C=O) groups is 1. The molecule has 13 heteroatoms. The minimum Gasteiger partial charge on any atom is -0.481 e. The number of nitrogens with zero attached hydrogens (tertiary/aromatic N) is 2. The number of benzene rings is 1. The molecule has 0 saturated carbocycles. The molecule has 0 bridgehead atoms. The smallest absolute Gasteiger partial charge is 0.416 e. The monoisotopic (exact) mass is 627 g/mol. The van der Waals surface area contributed by atoms with Gasteiger partial charge in [0.25, 0.3) is 0 Å². The quantitative estimate of drug-likeness (QED) is 0.211. The van der Waals surface area contributed by atoms with Crippen molar-refractivity contribution < 1.29 is 36.6 Å². The second kappa shape index (κ2) is 14.1. The fourth-order valence-electron chi connectivity index (χ4n) is 4.34. The lowest BCUT2D eigenvalue weighted by Crippen LogP contribution is -2.46. The first-order chi connectivity index (χ1) is 19.6. The second-order valence-electron chi connectivity index (χ2n) is 10.8. The van der Waals surface area contributed by atoms with Gasteiger partial charge in [0, 0.05) is 48.7 Å². The summed E-state index contributed by atoms with van der Waals surface area (Å²) in [5.74, 6) is -0.995. The van der Waals surface area contributed by atoms with E-state index < -0.39 is 38.7 Å². The number of thiophene rings is 1. The number of halogens is 3. The number of aliphatic hydroxyl groups excluding tert-OH is 1. The number of aromatic nitrogens is 1. The molecule has 0 amide bonds. The summed E-state index contributed by atoms with van der Waals surface area (Å²) in [6.07, 6.45) is -1.81. The van der Waals surface area contributed by atoms with Crippen molar-refractivity contribution in [3.8, 4) is 11.3 Å². The molecule has 0 aliphatic carbocycles. The number of hydrogen-bond acceptors (Lipinski definition) is 7. The van der Waals surface area contributed by atoms with Crippen LogP contribution >= 0.6 is 11.3 Å². The molecule has 0 aliphatic heterocycles. The third kappa shape index (κ3) is 9.87. The van der Waals surface area contributed by atoms with Gasteiger partial charge in [0.1, 0.15) is 0 Å². The van der Waals surface area contributed by atoms with Crippen LogP contribution in [0.25, 0.3) is 11.3 Å². The molecule has 3 N–H and O–H groups in total. The van der Waals surface area contributed by atoms with E-state index in [1.54, 1.807) is 17.4 Å². The Morgan fingerprint density at radius 2 is 1.88 bits per heavy atom. The van der Waals surface area contributed by atoms with Crippen molar-refractivity contribution in [2.24, 2.45) is 0 Å². The lowest BCUT2D eigenvalue weighted by molar-refractivity contribution is -0.138. The first kappa shape index (κ1) is 33.7. The summed E-state index contributed by atoms with van der Waals surface area (Å²) in [4.78, 5) is 15.6. The molecule has 0 aliphatic rings. The number of likely N-dealkylation sites (N-methyl/N-ethyl adjacent to an activating group) is 1. The SMILES string of the molecule is CN(C[C@H](O)CNC(C)(C)CCCc1cccs1)S(=O)(=O)c1cc(-c2ccc(CCC(=O)O)cn2)cc(C(F)(F)F)c1. The molecule has 0 saturated heterocycles. The predicted octanol–water partition coefficient (Wildman–Crippen LogP) is 5.22. The van der Waals surface area contributed by atoms with Crippen LogP contribution in [0.15, 0.2) is 58.9 Å². The summed E-state index contributed by atoms with van der Waals surface area (Å²) >= 11 is 1.70. The number of β-amino-alcohol motifs (C(OH)–C–C–N with tert-alkyl or cyclic N) is 1. The molecular formula is C29H36F3N3O5S2. The zero-order chi connectivity index (χ0) is 31.1. The molecule has 0 spiro atoms. The van der Waals surface area contributed by atoms with Crippen LogP contribution in [0.5, 0.6) is 0 Å². The zero-order valence-corrected chi connectivity index (χ0v) is 25.3. The van der Waals surface area contributed by atoms with Crippen molar-refractivity contribution in [3.05, 3.63) is 70.0 Å². The Hall–Kier alpha value is -2.84. The molecule has 230 valence electrons. The average Bonchev–Trinajstić information content (AvgIpc) is 3.44. The first-order valence-electron chi connectivity index (χ1n) is 13.4. The Morgan fingerprint density at radius 1 is 1.14 bits per heavy atom. The van der Waals surface area contributed by atoms with Crippen molar-refractivity contribution in [2.75, 3.05) is 20.1 Å². The number of carboxylic acids is 1. The molecule has 3 aromatic rings. The van der Waals surface area contributed by atoms with Crippen LogP contribution in [0.2, 0.25) is 0 Å². The van der Waals surface area contributed by atoms with Gasteiger partial charge in [0.15, 0.2) is 0 Å². The van der Waals surface area contributed by atoms with E-state index >= 15 is 0 Å². The van der Waals surface area contributed by atoms with Crippen LogP contribution in [-0.4, -0.2) is 65.7 Å². The third-order valence-electron chi connectivity index (χ3n) is 6.78. The number of aliphatic hydroxyl groups is 1. The summed E-state index contributed by atoms with van der Waals surface area (Å²) in [5.41, 5.74) is -0.857. The summed E-state index contributed by atoms with van der Waals surface area (Å²) in [6.45, 7) is 3.75. The topological polar surface area (TPSA) is 120 Å². The van der Waals surface area contributed by atoms with Gasteiger partial charge in [-0.2, -0.15) is 17.5 Å². The lowest BCUT2D eigenvalue weighted by atomic mass is 9.96. The Kier molecular flexibility index (Phi) is 11.3. The third-order valence-corrected chi connectivity index (χ3v) is 9.52. The molecular weight excluding hydrogens is 591 g/mol. The number of aryl methyl sites for hydroxylation is 2. The second-order valence-corrected chi connectivity index (χ2v) is 13.9. The molecule has 2 heterocycles. The van der Waals surface area contributed by atoms with Crippen LogP contribution in [0, 0.1) is 0 Å².